The van der Waals surface area contributed by atoms with Gasteiger partial charge in [-0.15, -0.1) is 11.3 Å². The van der Waals surface area contributed by atoms with Crippen LogP contribution < -0.4 is 22.8 Å². The predicted molar refractivity (Wildman–Crippen MR) is 208 cm³/mol. The highest BCUT2D eigenvalue weighted by molar-refractivity contribution is 9.09. The van der Waals surface area contributed by atoms with Crippen molar-refractivity contribution in [2.75, 3.05) is 11.9 Å². The van der Waals surface area contributed by atoms with Crippen LogP contribution in [0.25, 0.3) is 10.1 Å². The second-order valence-corrected chi connectivity index (χ2v) is 14.7. The number of hydrogen-bond acceptors (Lipinski definition) is 11. The number of nitrogens with zero attached hydrogens (tertiary/aromatic N) is 7. The number of piperidine rings is 1. The first kappa shape index (κ1) is 42.5. The van der Waals surface area contributed by atoms with Crippen molar-refractivity contribution in [1.29, 1.82) is 0 Å². The van der Waals surface area contributed by atoms with E-state index in [0.717, 1.165) is 37.6 Å². The molecule has 2 aliphatic rings. The van der Waals surface area contributed by atoms with Crippen molar-refractivity contribution >= 4 is 49.3 Å². The molecule has 5 heterocycles. The Kier molecular flexibility index (Phi) is 15.6. The van der Waals surface area contributed by atoms with E-state index in [2.05, 4.69) is 60.4 Å². The van der Waals surface area contributed by atoms with Gasteiger partial charge in [-0.2, -0.15) is 9.97 Å². The van der Waals surface area contributed by atoms with E-state index in [9.17, 15) is 19.2 Å². The number of carboxylic acid groups (broad SMARTS) is 2. The average molecular weight is 835 g/mol. The first-order chi connectivity index (χ1) is 25.8. The van der Waals surface area contributed by atoms with Crippen LogP contribution in [0.3, 0.4) is 0 Å². The summed E-state index contributed by atoms with van der Waals surface area (Å²) in [4.78, 5) is 76.8. The van der Waals surface area contributed by atoms with Crippen molar-refractivity contribution in [2.24, 2.45) is 0 Å². The smallest absolute Gasteiger partial charge is 0.414 e. The molecule has 54 heavy (non-hydrogen) atoms. The number of aryl methyl sites for hydroxylation is 2. The average Bonchev–Trinajstić information content (AvgIpc) is 3.65. The number of halogens is 1. The predicted octanol–water partition coefficient (Wildman–Crippen LogP) is 3.22. The van der Waals surface area contributed by atoms with Crippen LogP contribution in [0.5, 0.6) is 0 Å². The summed E-state index contributed by atoms with van der Waals surface area (Å²) in [5.74, 6) is -2.69. The van der Waals surface area contributed by atoms with Crippen LogP contribution >= 0.6 is 27.3 Å². The quantitative estimate of drug-likeness (QED) is 0.156. The zero-order chi connectivity index (χ0) is 39.5. The lowest BCUT2D eigenvalue weighted by Gasteiger charge is -2.38. The molecule has 2 aliphatic heterocycles. The van der Waals surface area contributed by atoms with Crippen molar-refractivity contribution < 1.29 is 24.5 Å². The molecule has 3 aromatic heterocycles. The first-order valence-corrected chi connectivity index (χ1v) is 20.0. The fourth-order valence-corrected chi connectivity index (χ4v) is 8.27. The van der Waals surface area contributed by atoms with Gasteiger partial charge in [0.05, 0.1) is 12.7 Å². The molecule has 1 aromatic carbocycles. The lowest BCUT2D eigenvalue weighted by Crippen LogP contribution is -2.47. The molecule has 18 heteroatoms. The SMILES string of the molecule is CCn1c(C)nc(=O)n(CCCBr)c1=O.CCn1c(C)nc(=O)n(CCCN2C3CCC2CC(OCc2csc4ccccc24)C3)c1=O.O=C(O)C(=O)O. The number of aliphatic carboxylic acids is 2. The van der Waals surface area contributed by atoms with E-state index < -0.39 is 23.3 Å². The van der Waals surface area contributed by atoms with Crippen LogP contribution in [-0.2, 0) is 47.1 Å². The molecule has 0 spiro atoms. The molecule has 0 aliphatic carbocycles. The van der Waals surface area contributed by atoms with Crippen LogP contribution in [-0.4, -0.2) is 85.4 Å². The third-order valence-electron chi connectivity index (χ3n) is 9.69. The van der Waals surface area contributed by atoms with Gasteiger partial charge >= 0.3 is 34.7 Å². The molecule has 6 rings (SSSR count). The Morgan fingerprint density at radius 2 is 1.33 bits per heavy atom. The summed E-state index contributed by atoms with van der Waals surface area (Å²) in [5, 5.41) is 19.1. The lowest BCUT2D eigenvalue weighted by atomic mass is 9.99. The molecule has 2 saturated heterocycles. The largest absolute Gasteiger partial charge is 0.473 e. The van der Waals surface area contributed by atoms with E-state index in [1.165, 1.54) is 42.2 Å². The third kappa shape index (κ3) is 10.5. The van der Waals surface area contributed by atoms with Gasteiger partial charge in [-0.3, -0.25) is 14.0 Å². The Bertz CT molecular complexity index is 2130. The minimum atomic E-state index is -1.82. The van der Waals surface area contributed by atoms with Crippen LogP contribution in [0.15, 0.2) is 48.8 Å². The van der Waals surface area contributed by atoms with Crippen molar-refractivity contribution in [3.63, 3.8) is 0 Å². The summed E-state index contributed by atoms with van der Waals surface area (Å²) in [6.07, 6.45) is 6.37. The second-order valence-electron chi connectivity index (χ2n) is 13.0. The molecular weight excluding hydrogens is 786 g/mol. The standard InChI is InChI=1S/C25H32N4O3S.C9H14BrN3O2.C2H2O4/c1-3-27-17(2)26-24(30)29(25(27)31)12-6-11-28-19-9-10-20(28)14-21(13-19)32-15-18-16-33-23-8-5-4-7-22(18)23;1-3-12-7(2)11-8(14)13(9(12)15)6-4-5-10;3-1(4)2(5)6/h4-5,7-8,16,19-21H,3,6,9-15H2,1-2H3;3-6H2,1-2H3;(H,3,4)(H,5,6). The van der Waals surface area contributed by atoms with Crippen molar-refractivity contribution in [3.05, 3.63) is 88.8 Å². The number of carbonyl (C=O) groups is 2. The van der Waals surface area contributed by atoms with E-state index in [-0.39, 0.29) is 11.4 Å². The normalized spacial score (nSPS) is 17.8. The van der Waals surface area contributed by atoms with E-state index >= 15 is 0 Å². The van der Waals surface area contributed by atoms with Crippen molar-refractivity contribution in [2.45, 2.75) is 117 Å². The number of hydrogen-bond donors (Lipinski definition) is 2. The molecule has 16 nitrogen and oxygen atoms in total. The summed E-state index contributed by atoms with van der Waals surface area (Å²) in [6.45, 7) is 10.6. The highest BCUT2D eigenvalue weighted by Gasteiger charge is 2.40. The monoisotopic (exact) mass is 833 g/mol. The van der Waals surface area contributed by atoms with Crippen LogP contribution in [0.1, 0.15) is 69.6 Å². The van der Waals surface area contributed by atoms with Gasteiger partial charge in [0.15, 0.2) is 0 Å². The van der Waals surface area contributed by atoms with E-state index in [1.807, 2.05) is 13.8 Å². The molecule has 2 bridgehead atoms. The van der Waals surface area contributed by atoms with Gasteiger partial charge in [-0.05, 0) is 88.6 Å². The molecule has 2 unspecified atom stereocenters. The Hall–Kier alpha value is -4.26. The lowest BCUT2D eigenvalue weighted by molar-refractivity contribution is -0.159. The van der Waals surface area contributed by atoms with E-state index in [1.54, 1.807) is 29.8 Å². The Morgan fingerprint density at radius 3 is 1.83 bits per heavy atom. The van der Waals surface area contributed by atoms with Gasteiger partial charge in [0.25, 0.3) is 0 Å². The minimum Gasteiger partial charge on any atom is -0.473 e. The third-order valence-corrected chi connectivity index (χ3v) is 11.3. The molecule has 0 amide bonds. The van der Waals surface area contributed by atoms with Gasteiger partial charge in [0, 0.05) is 54.8 Å². The number of alkyl halides is 1. The molecule has 0 saturated carbocycles. The number of fused-ring (bicyclic) bond motifs is 3. The number of rotatable bonds is 12. The van der Waals surface area contributed by atoms with Gasteiger partial charge in [-0.1, -0.05) is 34.1 Å². The number of benzene rings is 1. The molecule has 2 N–H and O–H groups in total. The summed E-state index contributed by atoms with van der Waals surface area (Å²) in [6, 6.07) is 9.60. The first-order valence-electron chi connectivity index (χ1n) is 18.0. The summed E-state index contributed by atoms with van der Waals surface area (Å²) in [5.41, 5.74) is -0.108. The van der Waals surface area contributed by atoms with E-state index in [4.69, 9.17) is 24.5 Å². The topological polar surface area (TPSA) is 201 Å². The van der Waals surface area contributed by atoms with Gasteiger partial charge in [0.1, 0.15) is 11.6 Å². The summed E-state index contributed by atoms with van der Waals surface area (Å²) >= 11 is 5.05. The number of thiophene rings is 1. The van der Waals surface area contributed by atoms with Crippen LogP contribution in [0.2, 0.25) is 0 Å². The fourth-order valence-electron chi connectivity index (χ4n) is 7.07. The highest BCUT2D eigenvalue weighted by Crippen LogP contribution is 2.37. The Morgan fingerprint density at radius 1 is 0.815 bits per heavy atom. The fraction of sp³-hybridized carbons (Fsp3) is 0.556. The maximum absolute atomic E-state index is 12.6. The minimum absolute atomic E-state index is 0.244. The number of carboxylic acids is 2. The zero-order valence-corrected chi connectivity index (χ0v) is 33.4. The Balaban J connectivity index is 0.000000257. The molecule has 0 radical (unpaired) electrons. The number of ether oxygens (including phenoxy) is 1. The molecular formula is C36H48BrN7O9S. The van der Waals surface area contributed by atoms with Crippen molar-refractivity contribution in [1.82, 2.24) is 33.1 Å². The zero-order valence-electron chi connectivity index (χ0n) is 31.0. The second kappa shape index (κ2) is 19.9. The van der Waals surface area contributed by atoms with Gasteiger partial charge in [0.2, 0.25) is 0 Å². The van der Waals surface area contributed by atoms with Crippen LogP contribution in [0.4, 0.5) is 0 Å². The molecule has 4 aromatic rings. The maximum Gasteiger partial charge on any atom is 0.414 e. The molecule has 294 valence electrons. The van der Waals surface area contributed by atoms with E-state index in [0.29, 0.717) is 62.6 Å². The summed E-state index contributed by atoms with van der Waals surface area (Å²) in [7, 11) is 0. The van der Waals surface area contributed by atoms with Crippen LogP contribution in [0, 0.1) is 13.8 Å². The maximum atomic E-state index is 12.6. The highest BCUT2D eigenvalue weighted by atomic mass is 79.9. The van der Waals surface area contributed by atoms with Crippen molar-refractivity contribution in [3.8, 4) is 0 Å². The van der Waals surface area contributed by atoms with Gasteiger partial charge < -0.3 is 14.9 Å². The number of aromatic nitrogens is 6. The Labute approximate surface area is 323 Å². The molecule has 2 fully saturated rings. The molecule has 2 atom stereocenters. The van der Waals surface area contributed by atoms with Gasteiger partial charge in [-0.25, -0.2) is 37.9 Å². The summed E-state index contributed by atoms with van der Waals surface area (Å²) < 4.78 is 13.2.